The first kappa shape index (κ1) is 32.7. The van der Waals surface area contributed by atoms with E-state index in [9.17, 15) is 9.59 Å². The smallest absolute Gasteiger partial charge is 0.410 e. The number of fused-ring (bicyclic) bond motifs is 1. The first-order chi connectivity index (χ1) is 23.5. The highest BCUT2D eigenvalue weighted by molar-refractivity contribution is 5.96. The monoisotopic (exact) mass is 666 g/mol. The van der Waals surface area contributed by atoms with Gasteiger partial charge in [0.1, 0.15) is 11.4 Å². The average Bonchev–Trinajstić information content (AvgIpc) is 3.82. The quantitative estimate of drug-likeness (QED) is 0.218. The predicted molar refractivity (Wildman–Crippen MR) is 192 cm³/mol. The molecule has 0 bridgehead atoms. The number of nitrogens with one attached hydrogen (secondary N) is 2. The Morgan fingerprint density at radius 3 is 2.45 bits per heavy atom. The third-order valence-electron chi connectivity index (χ3n) is 9.33. The number of hydrogen-bond donors (Lipinski definition) is 2. The predicted octanol–water partition coefficient (Wildman–Crippen LogP) is 6.13. The van der Waals surface area contributed by atoms with Crippen molar-refractivity contribution in [1.29, 1.82) is 0 Å². The average molecular weight is 667 g/mol. The van der Waals surface area contributed by atoms with Crippen LogP contribution in [0, 0.1) is 5.92 Å². The maximum Gasteiger partial charge on any atom is 0.410 e. The lowest BCUT2D eigenvalue weighted by Crippen LogP contribution is -2.57. The number of piperazine rings is 1. The van der Waals surface area contributed by atoms with E-state index < -0.39 is 5.60 Å². The Kier molecular flexibility index (Phi) is 8.82. The van der Waals surface area contributed by atoms with Crippen molar-refractivity contribution in [1.82, 2.24) is 24.3 Å². The molecule has 0 radical (unpaired) electrons. The largest absolute Gasteiger partial charge is 0.494 e. The fourth-order valence-electron chi connectivity index (χ4n) is 6.84. The third-order valence-corrected chi connectivity index (χ3v) is 9.33. The Bertz CT molecular complexity index is 1850. The minimum Gasteiger partial charge on any atom is -0.494 e. The summed E-state index contributed by atoms with van der Waals surface area (Å²) in [6.07, 6.45) is 6.15. The van der Waals surface area contributed by atoms with Crippen LogP contribution in [0.25, 0.3) is 22.2 Å². The van der Waals surface area contributed by atoms with Crippen molar-refractivity contribution >= 4 is 45.9 Å². The van der Waals surface area contributed by atoms with E-state index in [0.29, 0.717) is 35.0 Å². The molecule has 3 aliphatic rings. The van der Waals surface area contributed by atoms with Gasteiger partial charge in [-0.1, -0.05) is 18.2 Å². The molecule has 2 amide bonds. The molecule has 2 saturated heterocycles. The van der Waals surface area contributed by atoms with Crippen LogP contribution in [0.1, 0.15) is 46.6 Å². The van der Waals surface area contributed by atoms with Crippen LogP contribution in [-0.2, 0) is 9.53 Å². The summed E-state index contributed by atoms with van der Waals surface area (Å²) < 4.78 is 13.7. The zero-order chi connectivity index (χ0) is 34.3. The molecule has 2 aromatic heterocycles. The molecule has 258 valence electrons. The maximum atomic E-state index is 12.3. The van der Waals surface area contributed by atoms with E-state index >= 15 is 0 Å². The van der Waals surface area contributed by atoms with Gasteiger partial charge in [0.05, 0.1) is 29.9 Å². The molecule has 12 heteroatoms. The number of methoxy groups -OCH3 is 1. The van der Waals surface area contributed by atoms with Crippen molar-refractivity contribution in [3.63, 3.8) is 0 Å². The van der Waals surface area contributed by atoms with Crippen molar-refractivity contribution in [2.24, 2.45) is 5.92 Å². The van der Waals surface area contributed by atoms with Gasteiger partial charge in [-0.15, -0.1) is 0 Å². The Morgan fingerprint density at radius 2 is 1.76 bits per heavy atom. The zero-order valence-corrected chi connectivity index (χ0v) is 29.0. The van der Waals surface area contributed by atoms with E-state index in [2.05, 4.69) is 60.4 Å². The Balaban J connectivity index is 1.05. The number of para-hydroxylation sites is 1. The van der Waals surface area contributed by atoms with Crippen LogP contribution in [0.15, 0.2) is 54.9 Å². The number of ether oxygens (including phenoxy) is 2. The molecule has 3 fully saturated rings. The summed E-state index contributed by atoms with van der Waals surface area (Å²) in [4.78, 5) is 40.6. The summed E-state index contributed by atoms with van der Waals surface area (Å²) in [5, 5.41) is 7.57. The van der Waals surface area contributed by atoms with Crippen molar-refractivity contribution in [2.75, 3.05) is 68.5 Å². The lowest BCUT2D eigenvalue weighted by Gasteiger charge is -2.44. The lowest BCUT2D eigenvalue weighted by atomic mass is 9.99. The van der Waals surface area contributed by atoms with Gasteiger partial charge in [0.2, 0.25) is 11.9 Å². The summed E-state index contributed by atoms with van der Waals surface area (Å²) in [5.41, 5.74) is 4.90. The molecule has 4 aromatic rings. The molecule has 4 heterocycles. The van der Waals surface area contributed by atoms with Gasteiger partial charge in [-0.2, -0.15) is 0 Å². The topological polar surface area (TPSA) is 117 Å². The van der Waals surface area contributed by atoms with E-state index in [1.165, 1.54) is 30.7 Å². The number of aromatic nitrogens is 3. The number of rotatable bonds is 9. The molecule has 0 atom stereocenters. The van der Waals surface area contributed by atoms with Crippen LogP contribution in [-0.4, -0.2) is 94.9 Å². The van der Waals surface area contributed by atoms with E-state index in [-0.39, 0.29) is 12.0 Å². The lowest BCUT2D eigenvalue weighted by molar-refractivity contribution is -0.114. The van der Waals surface area contributed by atoms with Gasteiger partial charge in [-0.05, 0) is 51.8 Å². The van der Waals surface area contributed by atoms with Crippen molar-refractivity contribution in [3.05, 3.63) is 54.9 Å². The van der Waals surface area contributed by atoms with Gasteiger partial charge in [0.15, 0.2) is 0 Å². The summed E-state index contributed by atoms with van der Waals surface area (Å²) >= 11 is 0. The molecule has 12 nitrogen and oxygen atoms in total. The number of likely N-dealkylation sites (tertiary alicyclic amines) is 1. The molecule has 2 aromatic carbocycles. The van der Waals surface area contributed by atoms with Gasteiger partial charge in [-0.3, -0.25) is 9.69 Å². The highest BCUT2D eigenvalue weighted by Gasteiger charge is 2.35. The van der Waals surface area contributed by atoms with Crippen molar-refractivity contribution in [3.8, 4) is 17.0 Å². The molecule has 0 unspecified atom stereocenters. The highest BCUT2D eigenvalue weighted by Crippen LogP contribution is 2.42. The van der Waals surface area contributed by atoms with E-state index in [1.807, 2.05) is 39.0 Å². The second-order valence-corrected chi connectivity index (χ2v) is 14.4. The highest BCUT2D eigenvalue weighted by atomic mass is 16.6. The van der Waals surface area contributed by atoms with Gasteiger partial charge >= 0.3 is 6.09 Å². The van der Waals surface area contributed by atoms with Gasteiger partial charge in [-0.25, -0.2) is 14.8 Å². The minimum atomic E-state index is -0.483. The second kappa shape index (κ2) is 13.2. The molecule has 7 rings (SSSR count). The van der Waals surface area contributed by atoms with Gasteiger partial charge in [0, 0.05) is 99.6 Å². The first-order valence-electron chi connectivity index (χ1n) is 17.2. The van der Waals surface area contributed by atoms with Crippen LogP contribution in [0.5, 0.6) is 5.75 Å². The number of carbonyl (C=O) groups excluding carboxylic acids is 2. The third kappa shape index (κ3) is 7.29. The second-order valence-electron chi connectivity index (χ2n) is 14.4. The Labute approximate surface area is 287 Å². The van der Waals surface area contributed by atoms with Gasteiger partial charge < -0.3 is 34.5 Å². The van der Waals surface area contributed by atoms with Crippen LogP contribution in [0.4, 0.5) is 27.8 Å². The fraction of sp³-hybridized carbons (Fsp3) is 0.459. The normalized spacial score (nSPS) is 17.2. The van der Waals surface area contributed by atoms with Crippen molar-refractivity contribution in [2.45, 2.75) is 52.2 Å². The van der Waals surface area contributed by atoms with Crippen LogP contribution in [0.3, 0.4) is 0 Å². The summed E-state index contributed by atoms with van der Waals surface area (Å²) in [5.74, 6) is 1.36. The molecule has 2 N–H and O–H groups in total. The maximum absolute atomic E-state index is 12.3. The molecular formula is C37H46N8O4. The number of benzene rings is 2. The molecular weight excluding hydrogens is 620 g/mol. The molecule has 1 saturated carbocycles. The number of amides is 2. The Morgan fingerprint density at radius 1 is 1.00 bits per heavy atom. The Hall–Kier alpha value is -4.84. The van der Waals surface area contributed by atoms with E-state index in [0.717, 1.165) is 62.8 Å². The van der Waals surface area contributed by atoms with Crippen LogP contribution >= 0.6 is 0 Å². The van der Waals surface area contributed by atoms with E-state index in [1.54, 1.807) is 18.2 Å². The number of hydrogen-bond acceptors (Lipinski definition) is 9. The van der Waals surface area contributed by atoms with Gasteiger partial charge in [0.25, 0.3) is 0 Å². The number of anilines is 4. The zero-order valence-electron chi connectivity index (χ0n) is 29.0. The molecule has 49 heavy (non-hydrogen) atoms. The molecule has 2 aliphatic heterocycles. The minimum absolute atomic E-state index is 0.152. The molecule has 0 spiro atoms. The summed E-state index contributed by atoms with van der Waals surface area (Å²) in [6, 6.07) is 14.8. The molecule has 1 aliphatic carbocycles. The van der Waals surface area contributed by atoms with Crippen LogP contribution in [0.2, 0.25) is 0 Å². The first-order valence-corrected chi connectivity index (χ1v) is 17.2. The number of carbonyl (C=O) groups is 2. The summed E-state index contributed by atoms with van der Waals surface area (Å²) in [7, 11) is 1.64. The van der Waals surface area contributed by atoms with Crippen molar-refractivity contribution < 1.29 is 19.1 Å². The standard InChI is InChI=1S/C37H46N8O4/c1-24(46)39-30-18-31(41-35-38-13-12-29(40-35)28-23-45(26-10-11-26)32-9-7-6-8-27(28)32)34(48-5)19-33(30)43-16-14-42(15-17-43)20-25-21-44(22-25)36(47)49-37(2,3)4/h6-9,12-13,18-19,23,25-26H,10-11,14-17,20-22H2,1-5H3,(H,39,46)(H,38,40,41). The summed E-state index contributed by atoms with van der Waals surface area (Å²) in [6.45, 7) is 12.9. The number of nitrogens with zero attached hydrogens (tertiary/aromatic N) is 6. The fourth-order valence-corrected chi connectivity index (χ4v) is 6.84. The van der Waals surface area contributed by atoms with E-state index in [4.69, 9.17) is 14.5 Å². The SMILES string of the molecule is COc1cc(N2CCN(CC3CN(C(=O)OC(C)(C)C)C3)CC2)c(NC(C)=O)cc1Nc1nccc(-c2cn(C3CC3)c3ccccc23)n1. The van der Waals surface area contributed by atoms with Crippen LogP contribution < -0.4 is 20.3 Å².